The lowest BCUT2D eigenvalue weighted by molar-refractivity contribution is 0.423. The second-order valence-electron chi connectivity index (χ2n) is 5.35. The lowest BCUT2D eigenvalue weighted by Crippen LogP contribution is -2.22. The molecule has 0 aromatic heterocycles. The molecule has 17 heavy (non-hydrogen) atoms. The van der Waals surface area contributed by atoms with E-state index in [0.717, 1.165) is 6.42 Å². The highest BCUT2D eigenvalue weighted by Gasteiger charge is 2.50. The van der Waals surface area contributed by atoms with Gasteiger partial charge in [0.05, 0.1) is 4.47 Å². The second kappa shape index (κ2) is 4.32. The zero-order chi connectivity index (χ0) is 12.8. The van der Waals surface area contributed by atoms with Crippen LogP contribution in [-0.2, 0) is 0 Å². The van der Waals surface area contributed by atoms with Crippen LogP contribution in [0.1, 0.15) is 31.9 Å². The topological polar surface area (TPSA) is 12.0 Å². The zero-order valence-electron chi connectivity index (χ0n) is 10.2. The van der Waals surface area contributed by atoms with Crippen LogP contribution in [0.5, 0.6) is 0 Å². The molecule has 2 rings (SSSR count). The van der Waals surface area contributed by atoms with Crippen molar-refractivity contribution in [2.45, 2.75) is 26.3 Å². The van der Waals surface area contributed by atoms with Gasteiger partial charge in [0.2, 0.25) is 0 Å². The summed E-state index contributed by atoms with van der Waals surface area (Å²) >= 11 is 2.99. The molecule has 1 nitrogen and oxygen atoms in total. The van der Waals surface area contributed by atoms with Gasteiger partial charge < -0.3 is 5.32 Å². The van der Waals surface area contributed by atoms with E-state index in [1.54, 1.807) is 7.05 Å². The Labute approximate surface area is 109 Å². The Hall–Kier alpha value is -0.480. The van der Waals surface area contributed by atoms with Gasteiger partial charge in [0.1, 0.15) is 11.6 Å². The third-order valence-corrected chi connectivity index (χ3v) is 4.29. The molecule has 0 saturated heterocycles. The predicted octanol–water partition coefficient (Wildman–Crippen LogP) is 4.03. The number of benzene rings is 1. The molecule has 0 heterocycles. The quantitative estimate of drug-likeness (QED) is 0.831. The van der Waals surface area contributed by atoms with Crippen molar-refractivity contribution in [1.82, 2.24) is 5.32 Å². The molecule has 0 bridgehead atoms. The first-order valence-corrected chi connectivity index (χ1v) is 6.48. The first-order chi connectivity index (χ1) is 7.86. The van der Waals surface area contributed by atoms with Crippen molar-refractivity contribution in [3.8, 4) is 0 Å². The van der Waals surface area contributed by atoms with E-state index in [1.807, 2.05) is 0 Å². The molecule has 0 spiro atoms. The maximum absolute atomic E-state index is 13.9. The summed E-state index contributed by atoms with van der Waals surface area (Å²) < 4.78 is 27.5. The van der Waals surface area contributed by atoms with E-state index >= 15 is 0 Å². The molecular weight excluding hydrogens is 288 g/mol. The van der Waals surface area contributed by atoms with Crippen LogP contribution in [0.3, 0.4) is 0 Å². The highest BCUT2D eigenvalue weighted by molar-refractivity contribution is 9.10. The molecule has 1 aromatic carbocycles. The first-order valence-electron chi connectivity index (χ1n) is 5.68. The summed E-state index contributed by atoms with van der Waals surface area (Å²) in [5, 5.41) is 3.10. The van der Waals surface area contributed by atoms with E-state index in [9.17, 15) is 8.78 Å². The number of hydrogen-bond donors (Lipinski definition) is 1. The van der Waals surface area contributed by atoms with Gasteiger partial charge in [-0.15, -0.1) is 0 Å². The van der Waals surface area contributed by atoms with Crippen molar-refractivity contribution in [1.29, 1.82) is 0 Å². The fourth-order valence-corrected chi connectivity index (χ4v) is 2.74. The van der Waals surface area contributed by atoms with Gasteiger partial charge in [0, 0.05) is 11.6 Å². The Morgan fingerprint density at radius 3 is 2.41 bits per heavy atom. The van der Waals surface area contributed by atoms with Crippen LogP contribution in [0.2, 0.25) is 0 Å². The van der Waals surface area contributed by atoms with Crippen LogP contribution in [-0.4, -0.2) is 7.05 Å². The van der Waals surface area contributed by atoms with Gasteiger partial charge >= 0.3 is 0 Å². The van der Waals surface area contributed by atoms with Gasteiger partial charge in [-0.3, -0.25) is 0 Å². The molecule has 4 heteroatoms. The fourth-order valence-electron chi connectivity index (χ4n) is 2.43. The predicted molar refractivity (Wildman–Crippen MR) is 67.7 cm³/mol. The largest absolute Gasteiger partial charge is 0.313 e. The van der Waals surface area contributed by atoms with Crippen LogP contribution in [0.4, 0.5) is 8.78 Å². The van der Waals surface area contributed by atoms with Gasteiger partial charge in [-0.05, 0) is 52.9 Å². The average molecular weight is 304 g/mol. The first kappa shape index (κ1) is 13.0. The third kappa shape index (κ3) is 2.38. The summed E-state index contributed by atoms with van der Waals surface area (Å²) in [5.41, 5.74) is 0.632. The van der Waals surface area contributed by atoms with Crippen molar-refractivity contribution < 1.29 is 8.78 Å². The lowest BCUT2D eigenvalue weighted by atomic mass is 9.96. The molecular formula is C13H16BrF2N. The van der Waals surface area contributed by atoms with E-state index in [1.165, 1.54) is 12.1 Å². The number of rotatable bonds is 3. The van der Waals surface area contributed by atoms with Crippen LogP contribution in [0.15, 0.2) is 16.6 Å². The van der Waals surface area contributed by atoms with Crippen molar-refractivity contribution in [2.75, 3.05) is 7.05 Å². The molecule has 1 N–H and O–H groups in total. The maximum atomic E-state index is 13.9. The average Bonchev–Trinajstić information content (AvgIpc) is 2.84. The minimum absolute atomic E-state index is 0.118. The minimum atomic E-state index is -0.417. The molecule has 1 aliphatic carbocycles. The highest BCUT2D eigenvalue weighted by Crippen LogP contribution is 2.57. The van der Waals surface area contributed by atoms with Gasteiger partial charge in [-0.25, -0.2) is 8.78 Å². The lowest BCUT2D eigenvalue weighted by Gasteiger charge is -2.19. The summed E-state index contributed by atoms with van der Waals surface area (Å²) in [6, 6.07) is 2.37. The van der Waals surface area contributed by atoms with Gasteiger partial charge in [0.25, 0.3) is 0 Å². The van der Waals surface area contributed by atoms with Gasteiger partial charge in [-0.2, -0.15) is 0 Å². The SMILES string of the molecule is CNC(c1cc(F)c(Br)cc1F)C1CC1(C)C. The number of hydrogen-bond acceptors (Lipinski definition) is 1. The molecule has 1 aromatic rings. The molecule has 2 atom stereocenters. The number of halogens is 3. The Kier molecular flexibility index (Phi) is 3.29. The second-order valence-corrected chi connectivity index (χ2v) is 6.21. The van der Waals surface area contributed by atoms with Crippen molar-refractivity contribution in [3.05, 3.63) is 33.8 Å². The molecule has 0 aliphatic heterocycles. The Balaban J connectivity index is 2.35. The minimum Gasteiger partial charge on any atom is -0.313 e. The molecule has 94 valence electrons. The Bertz CT molecular complexity index is 445. The number of nitrogens with one attached hydrogen (secondary N) is 1. The zero-order valence-corrected chi connectivity index (χ0v) is 11.7. The molecule has 1 fully saturated rings. The standard InChI is InChI=1S/C13H16BrF2N/c1-13(2)6-8(13)12(17-3)7-4-11(16)9(14)5-10(7)15/h4-5,8,12,17H,6H2,1-3H3. The van der Waals surface area contributed by atoms with Gasteiger partial charge in [0.15, 0.2) is 0 Å². The summed E-state index contributed by atoms with van der Waals surface area (Å²) in [6.07, 6.45) is 1.04. The fraction of sp³-hybridized carbons (Fsp3) is 0.538. The van der Waals surface area contributed by atoms with E-state index in [0.29, 0.717) is 11.5 Å². The van der Waals surface area contributed by atoms with Gasteiger partial charge in [-0.1, -0.05) is 13.8 Å². The van der Waals surface area contributed by atoms with E-state index in [-0.39, 0.29) is 21.7 Å². The van der Waals surface area contributed by atoms with E-state index < -0.39 is 5.82 Å². The van der Waals surface area contributed by atoms with Crippen LogP contribution >= 0.6 is 15.9 Å². The molecule has 1 aliphatic rings. The maximum Gasteiger partial charge on any atom is 0.137 e. The van der Waals surface area contributed by atoms with E-state index in [2.05, 4.69) is 35.1 Å². The molecule has 0 amide bonds. The van der Waals surface area contributed by atoms with Crippen LogP contribution in [0, 0.1) is 23.0 Å². The third-order valence-electron chi connectivity index (χ3n) is 3.68. The summed E-state index contributed by atoms with van der Waals surface area (Å²) in [7, 11) is 1.79. The normalized spacial score (nSPS) is 23.5. The van der Waals surface area contributed by atoms with Crippen molar-refractivity contribution in [3.63, 3.8) is 0 Å². The summed E-state index contributed by atoms with van der Waals surface area (Å²) in [6.45, 7) is 4.30. The van der Waals surface area contributed by atoms with Crippen molar-refractivity contribution >= 4 is 15.9 Å². The van der Waals surface area contributed by atoms with E-state index in [4.69, 9.17) is 0 Å². The Morgan fingerprint density at radius 1 is 1.35 bits per heavy atom. The Morgan fingerprint density at radius 2 is 1.94 bits per heavy atom. The van der Waals surface area contributed by atoms with Crippen molar-refractivity contribution in [2.24, 2.45) is 11.3 Å². The van der Waals surface area contributed by atoms with Crippen LogP contribution in [0.25, 0.3) is 0 Å². The molecule has 0 radical (unpaired) electrons. The molecule has 1 saturated carbocycles. The van der Waals surface area contributed by atoms with Crippen LogP contribution < -0.4 is 5.32 Å². The smallest absolute Gasteiger partial charge is 0.137 e. The summed E-state index contributed by atoms with van der Waals surface area (Å²) in [4.78, 5) is 0. The highest BCUT2D eigenvalue weighted by atomic mass is 79.9. The summed E-state index contributed by atoms with van der Waals surface area (Å²) in [5.74, 6) is -0.414. The molecule has 2 unspecified atom stereocenters. The monoisotopic (exact) mass is 303 g/mol.